The van der Waals surface area contributed by atoms with E-state index in [0.29, 0.717) is 12.8 Å². The molecule has 0 aromatic heterocycles. The molecule has 0 bridgehead atoms. The fraction of sp³-hybridized carbons (Fsp3) is 1.00. The Kier molecular flexibility index (Phi) is 3.23. The Labute approximate surface area is 80.8 Å². The van der Waals surface area contributed by atoms with E-state index in [1.54, 1.807) is 0 Å². The zero-order chi connectivity index (χ0) is 9.10. The molecule has 3 unspecified atom stereocenters. The van der Waals surface area contributed by atoms with Crippen LogP contribution in [0.3, 0.4) is 0 Å². The second-order valence-corrected chi connectivity index (χ2v) is 4.57. The zero-order valence-corrected chi connectivity index (χ0v) is 8.37. The number of rotatable bonds is 2. The van der Waals surface area contributed by atoms with Crippen LogP contribution in [0.2, 0.25) is 0 Å². The lowest BCUT2D eigenvalue weighted by atomic mass is 9.70. The summed E-state index contributed by atoms with van der Waals surface area (Å²) in [6.45, 7) is 0.405. The number of ether oxygens (including phenoxy) is 1. The van der Waals surface area contributed by atoms with Gasteiger partial charge < -0.3 is 10.5 Å². The fourth-order valence-electron chi connectivity index (χ4n) is 3.12. The van der Waals surface area contributed by atoms with E-state index < -0.39 is 0 Å². The van der Waals surface area contributed by atoms with Crippen molar-refractivity contribution in [2.75, 3.05) is 6.73 Å². The minimum Gasteiger partial charge on any atom is -0.363 e. The lowest BCUT2D eigenvalue weighted by molar-refractivity contribution is -0.0101. The number of hydrogen-bond donors (Lipinski definition) is 1. The van der Waals surface area contributed by atoms with E-state index in [2.05, 4.69) is 0 Å². The molecule has 2 heteroatoms. The molecule has 2 saturated carbocycles. The average Bonchev–Trinajstić information content (AvgIpc) is 2.18. The van der Waals surface area contributed by atoms with Gasteiger partial charge in [0.2, 0.25) is 0 Å². The average molecular weight is 183 g/mol. The molecule has 2 aliphatic carbocycles. The topological polar surface area (TPSA) is 35.2 Å². The van der Waals surface area contributed by atoms with E-state index >= 15 is 0 Å². The molecule has 2 N–H and O–H groups in total. The van der Waals surface area contributed by atoms with Crippen molar-refractivity contribution < 1.29 is 4.74 Å². The molecule has 2 aliphatic rings. The fourth-order valence-corrected chi connectivity index (χ4v) is 3.12. The van der Waals surface area contributed by atoms with Crippen LogP contribution in [-0.4, -0.2) is 12.8 Å². The van der Waals surface area contributed by atoms with Gasteiger partial charge in [0.05, 0.1) is 12.8 Å². The van der Waals surface area contributed by atoms with Gasteiger partial charge in [0.25, 0.3) is 0 Å². The van der Waals surface area contributed by atoms with Crippen LogP contribution < -0.4 is 5.73 Å². The molecule has 0 amide bonds. The molecule has 0 aromatic rings. The van der Waals surface area contributed by atoms with Crippen molar-refractivity contribution in [3.63, 3.8) is 0 Å². The molecular formula is C11H21NO. The minimum atomic E-state index is 0.405. The molecule has 0 radical (unpaired) electrons. The maximum atomic E-state index is 5.51. The normalized spacial score (nSPS) is 39.9. The maximum Gasteiger partial charge on any atom is 0.0944 e. The lowest BCUT2D eigenvalue weighted by Crippen LogP contribution is -2.32. The first kappa shape index (κ1) is 9.47. The van der Waals surface area contributed by atoms with Gasteiger partial charge in [0.1, 0.15) is 0 Å². The third-order valence-corrected chi connectivity index (χ3v) is 3.82. The first-order valence-corrected chi connectivity index (χ1v) is 5.72. The van der Waals surface area contributed by atoms with Gasteiger partial charge in [-0.1, -0.05) is 25.7 Å². The molecule has 0 aromatic carbocycles. The Hall–Kier alpha value is -0.0800. The van der Waals surface area contributed by atoms with Gasteiger partial charge in [0, 0.05) is 0 Å². The summed E-state index contributed by atoms with van der Waals surface area (Å²) in [5, 5.41) is 0. The molecule has 0 heterocycles. The second-order valence-electron chi connectivity index (χ2n) is 4.57. The van der Waals surface area contributed by atoms with Crippen LogP contribution in [0.1, 0.15) is 44.9 Å². The minimum absolute atomic E-state index is 0.405. The molecule has 3 atom stereocenters. The third kappa shape index (κ3) is 2.23. The van der Waals surface area contributed by atoms with E-state index in [4.69, 9.17) is 10.5 Å². The second kappa shape index (κ2) is 4.43. The summed E-state index contributed by atoms with van der Waals surface area (Å²) >= 11 is 0. The summed E-state index contributed by atoms with van der Waals surface area (Å²) in [5.74, 6) is 1.98. The number of hydrogen-bond acceptors (Lipinski definition) is 2. The molecule has 2 fully saturated rings. The highest BCUT2D eigenvalue weighted by Crippen LogP contribution is 2.41. The monoisotopic (exact) mass is 183 g/mol. The Bertz CT molecular complexity index is 160. The van der Waals surface area contributed by atoms with Crippen molar-refractivity contribution in [2.45, 2.75) is 51.0 Å². The van der Waals surface area contributed by atoms with E-state index in [-0.39, 0.29) is 0 Å². The predicted molar refractivity (Wildman–Crippen MR) is 53.2 cm³/mol. The SMILES string of the molecule is NCOC1CCC2CCCCC2C1. The van der Waals surface area contributed by atoms with Gasteiger partial charge in [-0.3, -0.25) is 0 Å². The summed E-state index contributed by atoms with van der Waals surface area (Å²) in [6, 6.07) is 0. The highest BCUT2D eigenvalue weighted by atomic mass is 16.5. The van der Waals surface area contributed by atoms with Gasteiger partial charge in [0.15, 0.2) is 0 Å². The number of nitrogens with two attached hydrogens (primary N) is 1. The van der Waals surface area contributed by atoms with Crippen LogP contribution in [0.15, 0.2) is 0 Å². The van der Waals surface area contributed by atoms with Crippen LogP contribution in [0.25, 0.3) is 0 Å². The van der Waals surface area contributed by atoms with Crippen LogP contribution in [-0.2, 0) is 4.74 Å². The first-order valence-electron chi connectivity index (χ1n) is 5.72. The van der Waals surface area contributed by atoms with Gasteiger partial charge in [-0.15, -0.1) is 0 Å². The molecule has 0 saturated heterocycles. The van der Waals surface area contributed by atoms with Crippen molar-refractivity contribution in [1.29, 1.82) is 0 Å². The number of fused-ring (bicyclic) bond motifs is 1. The van der Waals surface area contributed by atoms with Crippen molar-refractivity contribution in [1.82, 2.24) is 0 Å². The molecule has 2 rings (SSSR count). The molecular weight excluding hydrogens is 162 g/mol. The lowest BCUT2D eigenvalue weighted by Gasteiger charge is -2.38. The highest BCUT2D eigenvalue weighted by molar-refractivity contribution is 4.83. The van der Waals surface area contributed by atoms with Gasteiger partial charge in [-0.05, 0) is 31.1 Å². The third-order valence-electron chi connectivity index (χ3n) is 3.82. The molecule has 0 aliphatic heterocycles. The molecule has 13 heavy (non-hydrogen) atoms. The smallest absolute Gasteiger partial charge is 0.0944 e. The zero-order valence-electron chi connectivity index (χ0n) is 8.37. The van der Waals surface area contributed by atoms with Crippen molar-refractivity contribution in [3.05, 3.63) is 0 Å². The molecule has 76 valence electrons. The van der Waals surface area contributed by atoms with Crippen molar-refractivity contribution in [2.24, 2.45) is 17.6 Å². The van der Waals surface area contributed by atoms with E-state index in [0.717, 1.165) is 11.8 Å². The highest BCUT2D eigenvalue weighted by Gasteiger charge is 2.32. The predicted octanol–water partition coefficient (Wildman–Crippen LogP) is 2.28. The van der Waals surface area contributed by atoms with E-state index in [9.17, 15) is 0 Å². The Morgan fingerprint density at radius 3 is 2.54 bits per heavy atom. The maximum absolute atomic E-state index is 5.51. The molecule has 2 nitrogen and oxygen atoms in total. The van der Waals surface area contributed by atoms with Crippen LogP contribution in [0.5, 0.6) is 0 Å². The van der Waals surface area contributed by atoms with Crippen LogP contribution in [0.4, 0.5) is 0 Å². The standard InChI is InChI=1S/C11H21NO/c12-8-13-11-6-5-9-3-1-2-4-10(9)7-11/h9-11H,1-8,12H2. The summed E-state index contributed by atoms with van der Waals surface area (Å²) in [7, 11) is 0. The van der Waals surface area contributed by atoms with Gasteiger partial charge in [-0.2, -0.15) is 0 Å². The van der Waals surface area contributed by atoms with Gasteiger partial charge >= 0.3 is 0 Å². The van der Waals surface area contributed by atoms with Crippen molar-refractivity contribution >= 4 is 0 Å². The van der Waals surface area contributed by atoms with Gasteiger partial charge in [-0.25, -0.2) is 0 Å². The Morgan fingerprint density at radius 1 is 1.00 bits per heavy atom. The van der Waals surface area contributed by atoms with E-state index in [1.807, 2.05) is 0 Å². The Balaban J connectivity index is 1.84. The van der Waals surface area contributed by atoms with Crippen LogP contribution >= 0.6 is 0 Å². The van der Waals surface area contributed by atoms with Crippen LogP contribution in [0, 0.1) is 11.8 Å². The quantitative estimate of drug-likeness (QED) is 0.667. The Morgan fingerprint density at radius 2 is 1.77 bits per heavy atom. The summed E-state index contributed by atoms with van der Waals surface area (Å²) < 4.78 is 5.51. The molecule has 0 spiro atoms. The summed E-state index contributed by atoms with van der Waals surface area (Å²) in [6.07, 6.45) is 10.2. The summed E-state index contributed by atoms with van der Waals surface area (Å²) in [4.78, 5) is 0. The first-order chi connectivity index (χ1) is 6.40. The largest absolute Gasteiger partial charge is 0.363 e. The summed E-state index contributed by atoms with van der Waals surface area (Å²) in [5.41, 5.74) is 5.41. The van der Waals surface area contributed by atoms with Crippen molar-refractivity contribution in [3.8, 4) is 0 Å². The van der Waals surface area contributed by atoms with E-state index in [1.165, 1.54) is 44.9 Å².